The van der Waals surface area contributed by atoms with E-state index in [2.05, 4.69) is 9.71 Å². The molecule has 0 saturated carbocycles. The number of fused-ring (bicyclic) bond motifs is 1. The molecular formula is C14H11ClN2O3S. The normalized spacial score (nSPS) is 11.9. The van der Waals surface area contributed by atoms with Crippen LogP contribution in [0.1, 0.15) is 5.89 Å². The Labute approximate surface area is 126 Å². The van der Waals surface area contributed by atoms with Gasteiger partial charge in [0.05, 0.1) is 11.4 Å². The molecule has 3 rings (SSSR count). The first-order valence-corrected chi connectivity index (χ1v) is 8.00. The van der Waals surface area contributed by atoms with Crippen LogP contribution in [0.2, 0.25) is 5.02 Å². The molecule has 0 radical (unpaired) electrons. The molecule has 7 heteroatoms. The van der Waals surface area contributed by atoms with E-state index in [1.165, 1.54) is 24.3 Å². The van der Waals surface area contributed by atoms with E-state index in [-0.39, 0.29) is 11.4 Å². The second-order valence-electron chi connectivity index (χ2n) is 4.35. The molecule has 108 valence electrons. The maximum Gasteiger partial charge on any atom is 0.241 e. The number of hydrogen-bond donors (Lipinski definition) is 1. The number of rotatable bonds is 4. The predicted molar refractivity (Wildman–Crippen MR) is 79.5 cm³/mol. The third kappa shape index (κ3) is 3.07. The van der Waals surface area contributed by atoms with Crippen molar-refractivity contribution < 1.29 is 12.8 Å². The number of hydrogen-bond acceptors (Lipinski definition) is 4. The summed E-state index contributed by atoms with van der Waals surface area (Å²) in [5.74, 6) is 0.314. The van der Waals surface area contributed by atoms with Gasteiger partial charge in [-0.2, -0.15) is 0 Å². The minimum atomic E-state index is -3.62. The summed E-state index contributed by atoms with van der Waals surface area (Å²) in [5, 5.41) is 0.480. The number of para-hydroxylation sites is 2. The average Bonchev–Trinajstić information content (AvgIpc) is 2.89. The van der Waals surface area contributed by atoms with Gasteiger partial charge in [-0.1, -0.05) is 23.7 Å². The van der Waals surface area contributed by atoms with Gasteiger partial charge in [-0.15, -0.1) is 0 Å². The van der Waals surface area contributed by atoms with Crippen LogP contribution in [0.15, 0.2) is 57.8 Å². The van der Waals surface area contributed by atoms with Crippen LogP contribution in [0.4, 0.5) is 0 Å². The summed E-state index contributed by atoms with van der Waals surface area (Å²) < 4.78 is 32.1. The fourth-order valence-electron chi connectivity index (χ4n) is 1.85. The number of nitrogens with zero attached hydrogens (tertiary/aromatic N) is 1. The fourth-order valence-corrected chi connectivity index (χ4v) is 2.95. The van der Waals surface area contributed by atoms with E-state index in [0.29, 0.717) is 22.0 Å². The molecule has 0 atom stereocenters. The highest BCUT2D eigenvalue weighted by atomic mass is 35.5. The molecule has 21 heavy (non-hydrogen) atoms. The fraction of sp³-hybridized carbons (Fsp3) is 0.0714. The molecule has 1 heterocycles. The molecule has 0 saturated heterocycles. The van der Waals surface area contributed by atoms with E-state index in [4.69, 9.17) is 16.0 Å². The van der Waals surface area contributed by atoms with E-state index >= 15 is 0 Å². The van der Waals surface area contributed by atoms with Crippen LogP contribution in [-0.4, -0.2) is 13.4 Å². The second-order valence-corrected chi connectivity index (χ2v) is 6.56. The van der Waals surface area contributed by atoms with E-state index < -0.39 is 10.0 Å². The van der Waals surface area contributed by atoms with Gasteiger partial charge in [0, 0.05) is 5.02 Å². The average molecular weight is 323 g/mol. The van der Waals surface area contributed by atoms with E-state index in [0.717, 1.165) is 0 Å². The molecule has 0 unspecified atom stereocenters. The van der Waals surface area contributed by atoms with Crippen LogP contribution in [-0.2, 0) is 16.6 Å². The number of sulfonamides is 1. The summed E-state index contributed by atoms with van der Waals surface area (Å²) in [5.41, 5.74) is 1.32. The molecule has 5 nitrogen and oxygen atoms in total. The molecule has 2 aromatic carbocycles. The SMILES string of the molecule is O=S(=O)(NCc1nc2ccccc2o1)c1ccc(Cl)cc1. The van der Waals surface area contributed by atoms with Crippen molar-refractivity contribution in [2.75, 3.05) is 0 Å². The Hall–Kier alpha value is -1.89. The van der Waals surface area contributed by atoms with Crippen molar-refractivity contribution in [3.63, 3.8) is 0 Å². The minimum absolute atomic E-state index is 0.0142. The van der Waals surface area contributed by atoms with Crippen molar-refractivity contribution in [2.45, 2.75) is 11.4 Å². The molecule has 0 aliphatic carbocycles. The lowest BCUT2D eigenvalue weighted by molar-refractivity contribution is 0.513. The number of aromatic nitrogens is 1. The van der Waals surface area contributed by atoms with Gasteiger partial charge >= 0.3 is 0 Å². The molecule has 1 aromatic heterocycles. The van der Waals surface area contributed by atoms with Gasteiger partial charge in [-0.25, -0.2) is 18.1 Å². The zero-order chi connectivity index (χ0) is 14.9. The van der Waals surface area contributed by atoms with Crippen molar-refractivity contribution in [3.05, 3.63) is 59.4 Å². The summed E-state index contributed by atoms with van der Waals surface area (Å²) in [6.07, 6.45) is 0. The van der Waals surface area contributed by atoms with Gasteiger partial charge < -0.3 is 4.42 Å². The Morgan fingerprint density at radius 2 is 1.81 bits per heavy atom. The van der Waals surface area contributed by atoms with Crippen molar-refractivity contribution in [1.82, 2.24) is 9.71 Å². The molecule has 0 spiro atoms. The van der Waals surface area contributed by atoms with Gasteiger partial charge in [0.1, 0.15) is 5.52 Å². The first kappa shape index (κ1) is 14.1. The number of benzene rings is 2. The van der Waals surface area contributed by atoms with Crippen molar-refractivity contribution in [1.29, 1.82) is 0 Å². The monoisotopic (exact) mass is 322 g/mol. The molecule has 3 aromatic rings. The highest BCUT2D eigenvalue weighted by Gasteiger charge is 2.15. The highest BCUT2D eigenvalue weighted by molar-refractivity contribution is 7.89. The predicted octanol–water partition coefficient (Wildman–Crippen LogP) is 2.96. The highest BCUT2D eigenvalue weighted by Crippen LogP contribution is 2.16. The maximum absolute atomic E-state index is 12.1. The Kier molecular flexibility index (Phi) is 3.67. The zero-order valence-electron chi connectivity index (χ0n) is 10.8. The van der Waals surface area contributed by atoms with Crippen LogP contribution in [0.25, 0.3) is 11.1 Å². The Morgan fingerprint density at radius 1 is 1.10 bits per heavy atom. The standard InChI is InChI=1S/C14H11ClN2O3S/c15-10-5-7-11(8-6-10)21(18,19)16-9-14-17-12-3-1-2-4-13(12)20-14/h1-8,16H,9H2. The number of nitrogens with one attached hydrogen (secondary N) is 1. The number of halogens is 1. The lowest BCUT2D eigenvalue weighted by atomic mass is 10.3. The van der Waals surface area contributed by atoms with Gasteiger partial charge in [0.25, 0.3) is 0 Å². The van der Waals surface area contributed by atoms with Gasteiger partial charge in [-0.3, -0.25) is 0 Å². The molecule has 0 bridgehead atoms. The minimum Gasteiger partial charge on any atom is -0.439 e. The van der Waals surface area contributed by atoms with Gasteiger partial charge in [0.15, 0.2) is 5.58 Å². The Morgan fingerprint density at radius 3 is 2.52 bits per heavy atom. The Bertz CT molecular complexity index is 840. The zero-order valence-corrected chi connectivity index (χ0v) is 12.4. The van der Waals surface area contributed by atoms with E-state index in [1.54, 1.807) is 12.1 Å². The van der Waals surface area contributed by atoms with E-state index in [9.17, 15) is 8.42 Å². The molecule has 0 amide bonds. The Balaban J connectivity index is 1.78. The van der Waals surface area contributed by atoms with Crippen molar-refractivity contribution in [2.24, 2.45) is 0 Å². The van der Waals surface area contributed by atoms with Gasteiger partial charge in [-0.05, 0) is 36.4 Å². The van der Waals surface area contributed by atoms with Crippen molar-refractivity contribution in [3.8, 4) is 0 Å². The van der Waals surface area contributed by atoms with Crippen LogP contribution in [0, 0.1) is 0 Å². The molecule has 1 N–H and O–H groups in total. The summed E-state index contributed by atoms with van der Waals surface area (Å²) in [4.78, 5) is 4.35. The third-order valence-corrected chi connectivity index (χ3v) is 4.54. The summed E-state index contributed by atoms with van der Waals surface area (Å²) >= 11 is 5.74. The molecule has 0 aliphatic heterocycles. The molecular weight excluding hydrogens is 312 g/mol. The first-order valence-electron chi connectivity index (χ1n) is 6.14. The van der Waals surface area contributed by atoms with E-state index in [1.807, 2.05) is 12.1 Å². The maximum atomic E-state index is 12.1. The summed E-state index contributed by atoms with van der Waals surface area (Å²) in [6.45, 7) is -0.0142. The lowest BCUT2D eigenvalue weighted by Gasteiger charge is -2.04. The molecule has 0 aliphatic rings. The van der Waals surface area contributed by atoms with Crippen molar-refractivity contribution >= 4 is 32.7 Å². The topological polar surface area (TPSA) is 72.2 Å². The summed E-state index contributed by atoms with van der Waals surface area (Å²) in [6, 6.07) is 13.2. The number of oxazole rings is 1. The summed E-state index contributed by atoms with van der Waals surface area (Å²) in [7, 11) is -3.62. The van der Waals surface area contributed by atoms with Crippen LogP contribution in [0.3, 0.4) is 0 Å². The van der Waals surface area contributed by atoms with Crippen LogP contribution < -0.4 is 4.72 Å². The largest absolute Gasteiger partial charge is 0.439 e. The lowest BCUT2D eigenvalue weighted by Crippen LogP contribution is -2.23. The smallest absolute Gasteiger partial charge is 0.241 e. The first-order chi connectivity index (χ1) is 10.0. The third-order valence-electron chi connectivity index (χ3n) is 2.88. The van der Waals surface area contributed by atoms with Crippen LogP contribution in [0.5, 0.6) is 0 Å². The van der Waals surface area contributed by atoms with Crippen LogP contribution >= 0.6 is 11.6 Å². The molecule has 0 fully saturated rings. The van der Waals surface area contributed by atoms with Gasteiger partial charge in [0.2, 0.25) is 15.9 Å². The second kappa shape index (κ2) is 5.48. The quantitative estimate of drug-likeness (QED) is 0.801.